The van der Waals surface area contributed by atoms with Gasteiger partial charge in [0.05, 0.1) is 21.8 Å². The van der Waals surface area contributed by atoms with Gasteiger partial charge in [0, 0.05) is 18.0 Å². The Morgan fingerprint density at radius 1 is 1.17 bits per heavy atom. The number of aromatic nitrogens is 3. The molecule has 0 bridgehead atoms. The van der Waals surface area contributed by atoms with Gasteiger partial charge in [0.1, 0.15) is 0 Å². The summed E-state index contributed by atoms with van der Waals surface area (Å²) in [5.74, 6) is -0.249. The van der Waals surface area contributed by atoms with Gasteiger partial charge in [0.15, 0.2) is 0 Å². The maximum absolute atomic E-state index is 12.3. The Kier molecular flexibility index (Phi) is 3.48. The number of carbonyl (C=O) groups excluding carboxylic acids is 1. The van der Waals surface area contributed by atoms with Crippen molar-refractivity contribution >= 4 is 27.7 Å². The van der Waals surface area contributed by atoms with Crippen LogP contribution in [0.2, 0.25) is 0 Å². The normalized spacial score (nSPS) is 15.5. The molecule has 3 aromatic rings. The number of nitrogens with one attached hydrogen (secondary N) is 4. The zero-order valence-electron chi connectivity index (χ0n) is 13.5. The maximum atomic E-state index is 12.3. The number of hydrogen-bond donors (Lipinski definition) is 4. The van der Waals surface area contributed by atoms with Gasteiger partial charge < -0.3 is 4.98 Å². The Morgan fingerprint density at radius 3 is 2.83 bits per heavy atom. The van der Waals surface area contributed by atoms with Gasteiger partial charge in [-0.05, 0) is 43.4 Å². The third kappa shape index (κ3) is 2.42. The molecule has 24 heavy (non-hydrogen) atoms. The van der Waals surface area contributed by atoms with E-state index in [2.05, 4.69) is 25.7 Å². The molecular weight excluding hydrogens is 306 g/mol. The van der Waals surface area contributed by atoms with Gasteiger partial charge in [-0.15, -0.1) is 0 Å². The molecule has 4 rings (SSSR count). The Morgan fingerprint density at radius 2 is 2.00 bits per heavy atom. The fourth-order valence-electron chi connectivity index (χ4n) is 3.52. The molecule has 1 aliphatic rings. The summed E-state index contributed by atoms with van der Waals surface area (Å²) in [5.41, 5.74) is 6.53. The number of carbonyl (C=O) groups is 1. The van der Waals surface area contributed by atoms with Gasteiger partial charge in [0.2, 0.25) is 5.91 Å². The van der Waals surface area contributed by atoms with Crippen LogP contribution in [-0.4, -0.2) is 21.1 Å². The van der Waals surface area contributed by atoms with Crippen LogP contribution in [0.15, 0.2) is 22.0 Å². The highest BCUT2D eigenvalue weighted by Crippen LogP contribution is 2.29. The minimum atomic E-state index is -0.249. The number of H-pyrrole nitrogens is 3. The largest absolute Gasteiger partial charge is 0.358 e. The zero-order valence-corrected chi connectivity index (χ0v) is 13.5. The molecule has 1 aromatic carbocycles. The van der Waals surface area contributed by atoms with E-state index >= 15 is 0 Å². The van der Waals surface area contributed by atoms with Crippen LogP contribution >= 0.6 is 0 Å². The highest BCUT2D eigenvalue weighted by molar-refractivity contribution is 6.07. The van der Waals surface area contributed by atoms with Crippen LogP contribution < -0.4 is 16.3 Å². The van der Waals surface area contributed by atoms with E-state index in [0.717, 1.165) is 42.1 Å². The first-order valence-corrected chi connectivity index (χ1v) is 8.22. The number of rotatable bonds is 1. The molecule has 0 saturated carbocycles. The molecule has 7 nitrogen and oxygen atoms in total. The van der Waals surface area contributed by atoms with Crippen LogP contribution in [0.5, 0.6) is 0 Å². The lowest BCUT2D eigenvalue weighted by molar-refractivity contribution is -0.119. The highest BCUT2D eigenvalue weighted by atomic mass is 16.2. The molecule has 0 atom stereocenters. The molecular formula is C17H19N5O2. The molecule has 1 aliphatic carbocycles. The van der Waals surface area contributed by atoms with E-state index in [-0.39, 0.29) is 11.5 Å². The van der Waals surface area contributed by atoms with Gasteiger partial charge in [-0.1, -0.05) is 6.42 Å². The van der Waals surface area contributed by atoms with E-state index < -0.39 is 0 Å². The number of benzene rings is 1. The number of nitrogens with zero attached hydrogens (tertiary/aromatic N) is 1. The molecule has 0 saturated heterocycles. The second kappa shape index (κ2) is 5.67. The van der Waals surface area contributed by atoms with Crippen LogP contribution in [-0.2, 0) is 17.6 Å². The van der Waals surface area contributed by atoms with Crippen molar-refractivity contribution < 1.29 is 4.79 Å². The van der Waals surface area contributed by atoms with Crippen LogP contribution in [0.25, 0.3) is 21.8 Å². The molecule has 1 amide bonds. The van der Waals surface area contributed by atoms with Gasteiger partial charge in [-0.2, -0.15) is 5.10 Å². The Bertz CT molecular complexity index is 1070. The van der Waals surface area contributed by atoms with Crippen molar-refractivity contribution in [1.29, 1.82) is 0 Å². The number of fused-ring (bicyclic) bond motifs is 2. The molecule has 0 unspecified atom stereocenters. The van der Waals surface area contributed by atoms with E-state index in [1.165, 1.54) is 24.6 Å². The Labute approximate surface area is 137 Å². The van der Waals surface area contributed by atoms with Crippen LogP contribution in [0.4, 0.5) is 0 Å². The molecule has 0 aliphatic heterocycles. The molecule has 0 fully saturated rings. The summed E-state index contributed by atoms with van der Waals surface area (Å²) in [7, 11) is 0. The smallest absolute Gasteiger partial charge is 0.270 e. The van der Waals surface area contributed by atoms with Gasteiger partial charge >= 0.3 is 0 Å². The summed E-state index contributed by atoms with van der Waals surface area (Å²) < 4.78 is 0. The van der Waals surface area contributed by atoms with Crippen LogP contribution in [0, 0.1) is 0 Å². The van der Waals surface area contributed by atoms with Crippen molar-refractivity contribution in [2.45, 2.75) is 39.0 Å². The second-order valence-corrected chi connectivity index (χ2v) is 6.29. The Hall–Kier alpha value is -2.83. The van der Waals surface area contributed by atoms with Gasteiger partial charge in [-0.25, -0.2) is 5.43 Å². The van der Waals surface area contributed by atoms with Crippen LogP contribution in [0.1, 0.15) is 37.4 Å². The number of aromatic amines is 3. The summed E-state index contributed by atoms with van der Waals surface area (Å²) in [6.45, 7) is 1.40. The summed E-state index contributed by atoms with van der Waals surface area (Å²) in [5, 5.41) is 11.9. The lowest BCUT2D eigenvalue weighted by Crippen LogP contribution is -2.19. The topological polar surface area (TPSA) is 106 Å². The molecule has 2 heterocycles. The van der Waals surface area contributed by atoms with E-state index in [4.69, 9.17) is 0 Å². The van der Waals surface area contributed by atoms with Gasteiger partial charge in [0.25, 0.3) is 5.56 Å². The Balaban J connectivity index is 2.09. The first-order valence-electron chi connectivity index (χ1n) is 8.22. The lowest BCUT2D eigenvalue weighted by atomic mass is 10.0. The first-order chi connectivity index (χ1) is 11.6. The van der Waals surface area contributed by atoms with E-state index in [9.17, 15) is 9.59 Å². The average Bonchev–Trinajstić information content (AvgIpc) is 2.80. The minimum absolute atomic E-state index is 0.200. The number of pyridine rings is 1. The molecule has 0 spiro atoms. The minimum Gasteiger partial charge on any atom is -0.358 e. The van der Waals surface area contributed by atoms with Crippen molar-refractivity contribution in [3.63, 3.8) is 0 Å². The summed E-state index contributed by atoms with van der Waals surface area (Å²) >= 11 is 0. The van der Waals surface area contributed by atoms with Crippen molar-refractivity contribution in [2.24, 2.45) is 5.10 Å². The molecule has 0 radical (unpaired) electrons. The van der Waals surface area contributed by atoms with E-state index in [1.807, 2.05) is 6.07 Å². The highest BCUT2D eigenvalue weighted by Gasteiger charge is 2.16. The standard InChI is InChI=1S/C17H19N5O2/c1-9(23)19-20-10-7-12-15-14(8-10)18-13-6-4-2-3-5-11(13)16(15)21-22-17(12)24/h7-8,18,21H,2-6H2,1H3,(H,19,23)(H,22,24). The van der Waals surface area contributed by atoms with Crippen molar-refractivity contribution in [1.82, 2.24) is 20.6 Å². The predicted octanol–water partition coefficient (Wildman–Crippen LogP) is 1.56. The fraction of sp³-hybridized carbons (Fsp3) is 0.353. The monoisotopic (exact) mass is 325 g/mol. The predicted molar refractivity (Wildman–Crippen MR) is 91.4 cm³/mol. The zero-order chi connectivity index (χ0) is 16.7. The second-order valence-electron chi connectivity index (χ2n) is 6.29. The van der Waals surface area contributed by atoms with Crippen molar-refractivity contribution in [2.75, 3.05) is 0 Å². The third-order valence-electron chi connectivity index (χ3n) is 4.57. The summed E-state index contributed by atoms with van der Waals surface area (Å²) in [4.78, 5) is 26.9. The van der Waals surface area contributed by atoms with Crippen molar-refractivity contribution in [3.8, 4) is 0 Å². The average molecular weight is 325 g/mol. The quantitative estimate of drug-likeness (QED) is 0.402. The SMILES string of the molecule is CC(=O)NN=c1cc2[nH]c3c(c4[nH][nH]c(=O)c(c1)c24)CCCCC3. The summed E-state index contributed by atoms with van der Waals surface area (Å²) in [6.07, 6.45) is 5.51. The van der Waals surface area contributed by atoms with E-state index in [1.54, 1.807) is 6.07 Å². The lowest BCUT2D eigenvalue weighted by Gasteiger charge is -2.14. The molecule has 124 valence electrons. The maximum Gasteiger partial charge on any atom is 0.270 e. The first kappa shape index (κ1) is 14.7. The van der Waals surface area contributed by atoms with E-state index in [0.29, 0.717) is 10.7 Å². The third-order valence-corrected chi connectivity index (χ3v) is 4.57. The fourth-order valence-corrected chi connectivity index (χ4v) is 3.52. The number of aryl methyl sites for hydroxylation is 2. The van der Waals surface area contributed by atoms with Crippen molar-refractivity contribution in [3.05, 3.63) is 39.1 Å². The number of amides is 1. The summed E-state index contributed by atoms with van der Waals surface area (Å²) in [6, 6.07) is 3.57. The molecule has 4 N–H and O–H groups in total. The number of hydrogen-bond acceptors (Lipinski definition) is 3. The molecule has 2 aromatic heterocycles. The van der Waals surface area contributed by atoms with Gasteiger partial charge in [-0.3, -0.25) is 19.8 Å². The van der Waals surface area contributed by atoms with Crippen LogP contribution in [0.3, 0.4) is 0 Å². The molecule has 7 heteroatoms.